The smallest absolute Gasteiger partial charge is 0.0471 e. The first kappa shape index (κ1) is 15.0. The maximum absolute atomic E-state index is 6.40. The van der Waals surface area contributed by atoms with Crippen LogP contribution in [0.15, 0.2) is 18.2 Å². The van der Waals surface area contributed by atoms with E-state index >= 15 is 0 Å². The molecule has 0 radical (unpaired) electrons. The zero-order valence-electron chi connectivity index (χ0n) is 11.9. The molecule has 0 bridgehead atoms. The molecule has 1 heterocycles. The van der Waals surface area contributed by atoms with Gasteiger partial charge in [0.2, 0.25) is 0 Å². The highest BCUT2D eigenvalue weighted by Gasteiger charge is 2.20. The monoisotopic (exact) mass is 298 g/mol. The summed E-state index contributed by atoms with van der Waals surface area (Å²) in [5.74, 6) is 1.20. The first-order valence-corrected chi connectivity index (χ1v) is 8.38. The van der Waals surface area contributed by atoms with E-state index in [1.807, 2.05) is 6.07 Å². The molecule has 1 atom stereocenters. The maximum atomic E-state index is 6.40. The van der Waals surface area contributed by atoms with E-state index in [1.165, 1.54) is 17.0 Å². The third-order valence-electron chi connectivity index (χ3n) is 3.36. The lowest BCUT2D eigenvalue weighted by atomic mass is 10.1. The number of thioether (sulfide) groups is 1. The molecule has 2 nitrogen and oxygen atoms in total. The number of halogens is 1. The quantitative estimate of drug-likeness (QED) is 0.911. The molecule has 1 N–H and O–H groups in total. The van der Waals surface area contributed by atoms with Crippen molar-refractivity contribution in [2.75, 3.05) is 23.7 Å². The molecule has 0 spiro atoms. The Kier molecular flexibility index (Phi) is 5.43. The third-order valence-corrected chi connectivity index (χ3v) is 4.85. The lowest BCUT2D eigenvalue weighted by molar-refractivity contribution is 0.587. The number of hydrogen-bond acceptors (Lipinski definition) is 3. The van der Waals surface area contributed by atoms with E-state index in [1.54, 1.807) is 0 Å². The molecule has 1 fully saturated rings. The molecular formula is C15H23ClN2S. The predicted octanol–water partition coefficient (Wildman–Crippen LogP) is 3.78. The average Bonchev–Trinajstić information content (AvgIpc) is 2.37. The van der Waals surface area contributed by atoms with Crippen LogP contribution in [0.3, 0.4) is 0 Å². The van der Waals surface area contributed by atoms with E-state index in [-0.39, 0.29) is 0 Å². The summed E-state index contributed by atoms with van der Waals surface area (Å²) in [4.78, 5) is 2.48. The fourth-order valence-corrected chi connectivity index (χ4v) is 3.61. The highest BCUT2D eigenvalue weighted by atomic mass is 35.5. The highest BCUT2D eigenvalue weighted by Crippen LogP contribution is 2.31. The van der Waals surface area contributed by atoms with Gasteiger partial charge in [0, 0.05) is 53.0 Å². The minimum absolute atomic E-state index is 0.472. The van der Waals surface area contributed by atoms with Crippen molar-refractivity contribution in [1.82, 2.24) is 5.32 Å². The standard InChI is InChI=1S/C15H23ClN2S/c1-11(2)17-9-13-14(16)5-4-6-15(13)18-7-8-19-12(3)10-18/h4-6,11-12,17H,7-10H2,1-3H3. The molecular weight excluding hydrogens is 276 g/mol. The summed E-state index contributed by atoms with van der Waals surface area (Å²) in [7, 11) is 0. The summed E-state index contributed by atoms with van der Waals surface area (Å²) in [6.07, 6.45) is 0. The van der Waals surface area contributed by atoms with E-state index in [4.69, 9.17) is 11.6 Å². The summed E-state index contributed by atoms with van der Waals surface area (Å²) in [5.41, 5.74) is 2.53. The van der Waals surface area contributed by atoms with Gasteiger partial charge in [-0.2, -0.15) is 11.8 Å². The van der Waals surface area contributed by atoms with Crippen molar-refractivity contribution in [2.24, 2.45) is 0 Å². The van der Waals surface area contributed by atoms with Gasteiger partial charge in [0.1, 0.15) is 0 Å². The van der Waals surface area contributed by atoms with Crippen molar-refractivity contribution in [3.05, 3.63) is 28.8 Å². The Hall–Kier alpha value is -0.380. The van der Waals surface area contributed by atoms with Gasteiger partial charge in [-0.1, -0.05) is 38.4 Å². The summed E-state index contributed by atoms with van der Waals surface area (Å²) >= 11 is 8.45. The van der Waals surface area contributed by atoms with Gasteiger partial charge in [0.05, 0.1) is 0 Å². The molecule has 1 unspecified atom stereocenters. The van der Waals surface area contributed by atoms with Crippen LogP contribution in [-0.4, -0.2) is 30.1 Å². The average molecular weight is 299 g/mol. The molecule has 0 saturated carbocycles. The van der Waals surface area contributed by atoms with Crippen molar-refractivity contribution in [3.63, 3.8) is 0 Å². The Labute approximate surface area is 125 Å². The number of rotatable bonds is 4. The molecule has 1 aromatic rings. The van der Waals surface area contributed by atoms with E-state index in [0.717, 1.165) is 24.7 Å². The van der Waals surface area contributed by atoms with Crippen LogP contribution in [0.5, 0.6) is 0 Å². The zero-order chi connectivity index (χ0) is 13.8. The second kappa shape index (κ2) is 6.87. The van der Waals surface area contributed by atoms with Crippen LogP contribution in [-0.2, 0) is 6.54 Å². The maximum Gasteiger partial charge on any atom is 0.0471 e. The topological polar surface area (TPSA) is 15.3 Å². The fraction of sp³-hybridized carbons (Fsp3) is 0.600. The highest BCUT2D eigenvalue weighted by molar-refractivity contribution is 8.00. The summed E-state index contributed by atoms with van der Waals surface area (Å²) in [5, 5.41) is 5.04. The predicted molar refractivity (Wildman–Crippen MR) is 87.6 cm³/mol. The molecule has 1 aromatic carbocycles. The summed E-state index contributed by atoms with van der Waals surface area (Å²) in [6.45, 7) is 9.69. The number of nitrogens with zero attached hydrogens (tertiary/aromatic N) is 1. The van der Waals surface area contributed by atoms with Crippen molar-refractivity contribution in [3.8, 4) is 0 Å². The van der Waals surface area contributed by atoms with Crippen LogP contribution in [0.4, 0.5) is 5.69 Å². The van der Waals surface area contributed by atoms with Gasteiger partial charge in [-0.15, -0.1) is 0 Å². The van der Waals surface area contributed by atoms with E-state index < -0.39 is 0 Å². The van der Waals surface area contributed by atoms with Gasteiger partial charge < -0.3 is 10.2 Å². The molecule has 0 amide bonds. The van der Waals surface area contributed by atoms with Gasteiger partial charge in [-0.3, -0.25) is 0 Å². The van der Waals surface area contributed by atoms with Crippen molar-refractivity contribution in [2.45, 2.75) is 38.6 Å². The first-order chi connectivity index (χ1) is 9.08. The lowest BCUT2D eigenvalue weighted by Gasteiger charge is -2.34. The molecule has 0 aromatic heterocycles. The van der Waals surface area contributed by atoms with Gasteiger partial charge >= 0.3 is 0 Å². The molecule has 1 aliphatic heterocycles. The first-order valence-electron chi connectivity index (χ1n) is 6.95. The number of anilines is 1. The van der Waals surface area contributed by atoms with Crippen LogP contribution < -0.4 is 10.2 Å². The molecule has 0 aliphatic carbocycles. The molecule has 106 valence electrons. The van der Waals surface area contributed by atoms with Crippen LogP contribution >= 0.6 is 23.4 Å². The number of hydrogen-bond donors (Lipinski definition) is 1. The van der Waals surface area contributed by atoms with Crippen molar-refractivity contribution >= 4 is 29.1 Å². The summed E-state index contributed by atoms with van der Waals surface area (Å²) in [6, 6.07) is 6.72. The third kappa shape index (κ3) is 4.04. The SMILES string of the molecule is CC(C)NCc1c(Cl)cccc1N1CCSC(C)C1. The molecule has 2 rings (SSSR count). The Balaban J connectivity index is 2.20. The van der Waals surface area contributed by atoms with Crippen LogP contribution in [0.1, 0.15) is 26.3 Å². The second-order valence-electron chi connectivity index (χ2n) is 5.40. The number of benzene rings is 1. The number of nitrogens with one attached hydrogen (secondary N) is 1. The Morgan fingerprint density at radius 3 is 2.95 bits per heavy atom. The largest absolute Gasteiger partial charge is 0.369 e. The van der Waals surface area contributed by atoms with Crippen LogP contribution in [0.25, 0.3) is 0 Å². The molecule has 1 saturated heterocycles. The van der Waals surface area contributed by atoms with E-state index in [0.29, 0.717) is 11.3 Å². The molecule has 1 aliphatic rings. The zero-order valence-corrected chi connectivity index (χ0v) is 13.5. The van der Waals surface area contributed by atoms with E-state index in [2.05, 4.69) is 54.9 Å². The van der Waals surface area contributed by atoms with Gasteiger partial charge in [0.25, 0.3) is 0 Å². The van der Waals surface area contributed by atoms with E-state index in [9.17, 15) is 0 Å². The van der Waals surface area contributed by atoms with Gasteiger partial charge in [-0.25, -0.2) is 0 Å². The van der Waals surface area contributed by atoms with Gasteiger partial charge in [0.15, 0.2) is 0 Å². The van der Waals surface area contributed by atoms with Crippen LogP contribution in [0, 0.1) is 0 Å². The Morgan fingerprint density at radius 2 is 2.26 bits per heavy atom. The second-order valence-corrected chi connectivity index (χ2v) is 7.35. The Bertz CT molecular complexity index is 423. The minimum atomic E-state index is 0.472. The molecule has 19 heavy (non-hydrogen) atoms. The fourth-order valence-electron chi connectivity index (χ4n) is 2.36. The van der Waals surface area contributed by atoms with Crippen molar-refractivity contribution < 1.29 is 0 Å². The minimum Gasteiger partial charge on any atom is -0.369 e. The lowest BCUT2D eigenvalue weighted by Crippen LogP contribution is -2.37. The van der Waals surface area contributed by atoms with Gasteiger partial charge in [-0.05, 0) is 12.1 Å². The van der Waals surface area contributed by atoms with Crippen molar-refractivity contribution in [1.29, 1.82) is 0 Å². The molecule has 4 heteroatoms. The van der Waals surface area contributed by atoms with Crippen LogP contribution in [0.2, 0.25) is 5.02 Å². The summed E-state index contributed by atoms with van der Waals surface area (Å²) < 4.78 is 0. The Morgan fingerprint density at radius 1 is 1.47 bits per heavy atom. The normalized spacial score (nSPS) is 20.1.